The number of hydrogen-bond donors (Lipinski definition) is 4. The lowest BCUT2D eigenvalue weighted by Crippen LogP contribution is -2.03. The number of carbonyl (C=O) groups is 3. The molecule has 0 aliphatic heterocycles. The number of ether oxygens (including phenoxy) is 1. The number of aromatic nitrogens is 2. The number of aromatic amines is 2. The van der Waals surface area contributed by atoms with Gasteiger partial charge in [-0.25, -0.2) is 9.59 Å². The highest BCUT2D eigenvalue weighted by atomic mass is 16.5. The van der Waals surface area contributed by atoms with Crippen molar-refractivity contribution < 1.29 is 29.3 Å². The Kier molecular flexibility index (Phi) is 7.25. The number of nitrogens with one attached hydrogen (secondary N) is 2. The van der Waals surface area contributed by atoms with Crippen molar-refractivity contribution in [3.8, 4) is 11.4 Å². The number of H-pyrrole nitrogens is 2. The molecule has 0 bridgehead atoms. The fourth-order valence-corrected chi connectivity index (χ4v) is 3.56. The molecule has 0 fully saturated rings. The molecule has 0 atom stereocenters. The zero-order chi connectivity index (χ0) is 21.7. The normalized spacial score (nSPS) is 10.9. The van der Waals surface area contributed by atoms with E-state index >= 15 is 0 Å². The van der Waals surface area contributed by atoms with Gasteiger partial charge < -0.3 is 24.9 Å². The molecule has 2 aromatic heterocycles. The topological polar surface area (TPSA) is 132 Å². The van der Waals surface area contributed by atoms with E-state index in [4.69, 9.17) is 4.74 Å². The highest BCUT2D eigenvalue weighted by molar-refractivity contribution is 5.92. The molecule has 0 aromatic carbocycles. The summed E-state index contributed by atoms with van der Waals surface area (Å²) in [6.45, 7) is 7.12. The molecule has 0 saturated carbocycles. The van der Waals surface area contributed by atoms with Crippen LogP contribution in [0, 0.1) is 13.8 Å². The van der Waals surface area contributed by atoms with Gasteiger partial charge in [0.05, 0.1) is 18.0 Å². The number of esters is 1. The number of unbranched alkanes of at least 4 members (excludes halogenated alkanes) is 1. The number of carboxylic acid groups (broad SMARTS) is 2. The minimum absolute atomic E-state index is 0.0769. The second kappa shape index (κ2) is 9.45. The third kappa shape index (κ3) is 4.88. The van der Waals surface area contributed by atoms with Crippen molar-refractivity contribution in [2.45, 2.75) is 59.8 Å². The molecule has 4 N–H and O–H groups in total. The summed E-state index contributed by atoms with van der Waals surface area (Å²) in [5, 5.41) is 19.1. The van der Waals surface area contributed by atoms with Gasteiger partial charge in [0.1, 0.15) is 11.4 Å². The Bertz CT molecular complexity index is 922. The van der Waals surface area contributed by atoms with E-state index < -0.39 is 11.9 Å². The van der Waals surface area contributed by atoms with Crippen LogP contribution in [0.25, 0.3) is 11.4 Å². The second-order valence-corrected chi connectivity index (χ2v) is 7.11. The van der Waals surface area contributed by atoms with Crippen LogP contribution in [-0.2, 0) is 22.4 Å². The molecule has 2 heterocycles. The molecule has 0 aliphatic carbocycles. The maximum atomic E-state index is 11.7. The molecule has 0 spiro atoms. The van der Waals surface area contributed by atoms with Crippen LogP contribution in [0.15, 0.2) is 0 Å². The van der Waals surface area contributed by atoms with Crippen LogP contribution in [-0.4, -0.2) is 44.7 Å². The van der Waals surface area contributed by atoms with E-state index in [1.54, 1.807) is 13.8 Å². The first-order chi connectivity index (χ1) is 13.7. The summed E-state index contributed by atoms with van der Waals surface area (Å²) in [4.78, 5) is 40.3. The predicted octanol–water partition coefficient (Wildman–Crippen LogP) is 3.86. The van der Waals surface area contributed by atoms with Gasteiger partial charge in [-0.3, -0.25) is 4.79 Å². The fourth-order valence-electron chi connectivity index (χ4n) is 3.56. The lowest BCUT2D eigenvalue weighted by atomic mass is 9.98. The van der Waals surface area contributed by atoms with Gasteiger partial charge in [-0.1, -0.05) is 13.3 Å². The quantitative estimate of drug-likeness (QED) is 0.351. The standard InChI is InChI=1S/C21H28N2O6/c1-5-6-8-14-11(2)16(20(25)26)22-18(14)19-15(9-7-10-29-13(4)24)12(3)17(23-19)21(27)28/h22-23H,5-10H2,1-4H3,(H,25,26)(H,27,28). The summed E-state index contributed by atoms with van der Waals surface area (Å²) >= 11 is 0. The lowest BCUT2D eigenvalue weighted by Gasteiger charge is -2.08. The molecule has 0 radical (unpaired) electrons. The molecule has 2 aromatic rings. The maximum absolute atomic E-state index is 11.7. The van der Waals surface area contributed by atoms with Crippen LogP contribution in [0.5, 0.6) is 0 Å². The molecular weight excluding hydrogens is 376 g/mol. The summed E-state index contributed by atoms with van der Waals surface area (Å²) in [5.74, 6) is -2.49. The molecule has 29 heavy (non-hydrogen) atoms. The van der Waals surface area contributed by atoms with Gasteiger partial charge in [0.25, 0.3) is 0 Å². The Morgan fingerprint density at radius 2 is 1.31 bits per heavy atom. The van der Waals surface area contributed by atoms with Crippen LogP contribution < -0.4 is 0 Å². The van der Waals surface area contributed by atoms with Gasteiger partial charge in [-0.2, -0.15) is 0 Å². The minimum Gasteiger partial charge on any atom is -0.477 e. The van der Waals surface area contributed by atoms with Crippen molar-refractivity contribution in [1.29, 1.82) is 0 Å². The van der Waals surface area contributed by atoms with Crippen LogP contribution in [0.1, 0.15) is 76.3 Å². The molecule has 0 saturated heterocycles. The molecule has 0 amide bonds. The smallest absolute Gasteiger partial charge is 0.352 e. The fraction of sp³-hybridized carbons (Fsp3) is 0.476. The van der Waals surface area contributed by atoms with Crippen molar-refractivity contribution in [1.82, 2.24) is 9.97 Å². The third-order valence-corrected chi connectivity index (χ3v) is 5.09. The molecular formula is C21H28N2O6. The van der Waals surface area contributed by atoms with Gasteiger partial charge >= 0.3 is 17.9 Å². The van der Waals surface area contributed by atoms with Crippen molar-refractivity contribution in [2.75, 3.05) is 6.61 Å². The van der Waals surface area contributed by atoms with Gasteiger partial charge in [-0.05, 0) is 61.8 Å². The van der Waals surface area contributed by atoms with Crippen molar-refractivity contribution in [3.05, 3.63) is 33.6 Å². The average molecular weight is 404 g/mol. The van der Waals surface area contributed by atoms with E-state index in [1.807, 2.05) is 0 Å². The second-order valence-electron chi connectivity index (χ2n) is 7.11. The first kappa shape index (κ1) is 22.3. The average Bonchev–Trinajstić information content (AvgIpc) is 3.14. The molecule has 0 aliphatic rings. The maximum Gasteiger partial charge on any atom is 0.352 e. The molecule has 2 rings (SSSR count). The Labute approximate surface area is 169 Å². The number of carboxylic acids is 2. The zero-order valence-electron chi connectivity index (χ0n) is 17.3. The van der Waals surface area contributed by atoms with Crippen molar-refractivity contribution in [3.63, 3.8) is 0 Å². The summed E-state index contributed by atoms with van der Waals surface area (Å²) < 4.78 is 4.98. The van der Waals surface area contributed by atoms with Crippen molar-refractivity contribution in [2.24, 2.45) is 0 Å². The number of carbonyl (C=O) groups excluding carboxylic acids is 1. The van der Waals surface area contributed by atoms with Crippen LogP contribution in [0.3, 0.4) is 0 Å². The predicted molar refractivity (Wildman–Crippen MR) is 108 cm³/mol. The van der Waals surface area contributed by atoms with E-state index in [-0.39, 0.29) is 24.0 Å². The van der Waals surface area contributed by atoms with Gasteiger partial charge in [-0.15, -0.1) is 0 Å². The van der Waals surface area contributed by atoms with E-state index in [2.05, 4.69) is 16.9 Å². The van der Waals surface area contributed by atoms with E-state index in [0.29, 0.717) is 41.8 Å². The lowest BCUT2D eigenvalue weighted by molar-refractivity contribution is -0.141. The minimum atomic E-state index is -1.08. The zero-order valence-corrected chi connectivity index (χ0v) is 17.3. The molecule has 0 unspecified atom stereocenters. The highest BCUT2D eigenvalue weighted by Gasteiger charge is 2.25. The third-order valence-electron chi connectivity index (χ3n) is 5.09. The van der Waals surface area contributed by atoms with Crippen LogP contribution in [0.2, 0.25) is 0 Å². The van der Waals surface area contributed by atoms with Gasteiger partial charge in [0.2, 0.25) is 0 Å². The molecule has 158 valence electrons. The van der Waals surface area contributed by atoms with Crippen LogP contribution >= 0.6 is 0 Å². The summed E-state index contributed by atoms with van der Waals surface area (Å²) in [6, 6.07) is 0. The number of aromatic carboxylic acids is 2. The van der Waals surface area contributed by atoms with E-state index in [1.165, 1.54) is 6.92 Å². The summed E-state index contributed by atoms with van der Waals surface area (Å²) in [5.41, 5.74) is 4.32. The SMILES string of the molecule is CCCCc1c(-c2[nH]c(C(=O)O)c(C)c2CCCOC(C)=O)[nH]c(C(=O)O)c1C. The largest absolute Gasteiger partial charge is 0.477 e. The molecule has 8 nitrogen and oxygen atoms in total. The Morgan fingerprint density at radius 3 is 1.69 bits per heavy atom. The Balaban J connectivity index is 2.55. The van der Waals surface area contributed by atoms with E-state index in [9.17, 15) is 24.6 Å². The van der Waals surface area contributed by atoms with Crippen molar-refractivity contribution >= 4 is 17.9 Å². The summed E-state index contributed by atoms with van der Waals surface area (Å²) in [7, 11) is 0. The van der Waals surface area contributed by atoms with Crippen LogP contribution in [0.4, 0.5) is 0 Å². The number of rotatable bonds is 10. The van der Waals surface area contributed by atoms with E-state index in [0.717, 1.165) is 24.0 Å². The first-order valence-corrected chi connectivity index (χ1v) is 9.72. The Morgan fingerprint density at radius 1 is 0.862 bits per heavy atom. The monoisotopic (exact) mass is 404 g/mol. The van der Waals surface area contributed by atoms with Gasteiger partial charge in [0.15, 0.2) is 0 Å². The van der Waals surface area contributed by atoms with Gasteiger partial charge in [0, 0.05) is 6.92 Å². The highest BCUT2D eigenvalue weighted by Crippen LogP contribution is 2.34. The first-order valence-electron chi connectivity index (χ1n) is 9.72. The number of hydrogen-bond acceptors (Lipinski definition) is 4. The summed E-state index contributed by atoms with van der Waals surface area (Å²) in [6.07, 6.45) is 3.55. The molecule has 8 heteroatoms. The Hall–Kier alpha value is -3.03.